The molecule has 1 unspecified atom stereocenters. The number of nitrogens with zero attached hydrogens (tertiary/aromatic N) is 3. The molecule has 0 saturated carbocycles. The number of benzene rings is 1. The molecule has 3 amide bonds. The van der Waals surface area contributed by atoms with Crippen molar-refractivity contribution in [1.29, 1.82) is 0 Å². The van der Waals surface area contributed by atoms with Gasteiger partial charge in [0.25, 0.3) is 10.0 Å². The van der Waals surface area contributed by atoms with Crippen molar-refractivity contribution in [2.75, 3.05) is 26.7 Å². The van der Waals surface area contributed by atoms with E-state index >= 15 is 0 Å². The largest absolute Gasteiger partial charge is 0.424 e. The quantitative estimate of drug-likeness (QED) is 0.294. The molecule has 15 heteroatoms. The standard InChI is InChI=1S/C31H40N6O7S2/c1-19(2)27(35-28(38)20(3)32-4)29(39)37-16-15-36(46(41,42)30-23(13-17-45-30)25-12-14-33-44-25)18-26(37)43-31(40)34-24-11-7-9-21-8-5-6-10-22(21)24/h5-6,8,10,12-14,17,19-20,24,26-27,32H,7,9,11,15-16,18H2,1-4H3,(H,34,40)(H,35,38)/t20-,24?,26-,27-/m0/s1. The van der Waals surface area contributed by atoms with Gasteiger partial charge < -0.3 is 30.1 Å². The van der Waals surface area contributed by atoms with Gasteiger partial charge in [0.15, 0.2) is 12.0 Å². The predicted molar refractivity (Wildman–Crippen MR) is 171 cm³/mol. The van der Waals surface area contributed by atoms with E-state index in [0.717, 1.165) is 35.3 Å². The zero-order valence-corrected chi connectivity index (χ0v) is 27.9. The van der Waals surface area contributed by atoms with Gasteiger partial charge in [-0.2, -0.15) is 4.31 Å². The number of thiophene rings is 1. The Morgan fingerprint density at radius 1 is 1.11 bits per heavy atom. The molecule has 1 saturated heterocycles. The first kappa shape index (κ1) is 33.6. The van der Waals surface area contributed by atoms with Crippen LogP contribution in [0, 0.1) is 5.92 Å². The maximum Gasteiger partial charge on any atom is 0.409 e. The van der Waals surface area contributed by atoms with Gasteiger partial charge in [-0.25, -0.2) is 13.2 Å². The summed E-state index contributed by atoms with van der Waals surface area (Å²) in [5, 5.41) is 13.9. The monoisotopic (exact) mass is 672 g/mol. The lowest BCUT2D eigenvalue weighted by molar-refractivity contribution is -0.150. The molecule has 1 aliphatic carbocycles. The van der Waals surface area contributed by atoms with E-state index in [1.165, 1.54) is 15.4 Å². The van der Waals surface area contributed by atoms with Gasteiger partial charge in [0, 0.05) is 19.2 Å². The van der Waals surface area contributed by atoms with Crippen LogP contribution in [0.15, 0.2) is 56.7 Å². The minimum atomic E-state index is -4.09. The molecule has 2 aliphatic rings. The van der Waals surface area contributed by atoms with E-state index in [2.05, 4.69) is 21.1 Å². The average molecular weight is 673 g/mol. The molecule has 3 heterocycles. The van der Waals surface area contributed by atoms with E-state index in [1.54, 1.807) is 45.3 Å². The predicted octanol–water partition coefficient (Wildman–Crippen LogP) is 3.11. The molecule has 3 N–H and O–H groups in total. The van der Waals surface area contributed by atoms with E-state index in [-0.39, 0.29) is 41.7 Å². The average Bonchev–Trinajstić information content (AvgIpc) is 3.76. The Hall–Kier alpha value is -3.79. The third-order valence-corrected chi connectivity index (χ3v) is 11.8. The molecule has 0 bridgehead atoms. The van der Waals surface area contributed by atoms with Crippen LogP contribution < -0.4 is 16.0 Å². The number of rotatable bonds is 10. The Morgan fingerprint density at radius 3 is 2.61 bits per heavy atom. The molecule has 0 spiro atoms. The van der Waals surface area contributed by atoms with Crippen LogP contribution in [-0.2, 0) is 30.8 Å². The van der Waals surface area contributed by atoms with E-state index < -0.39 is 40.3 Å². The number of carbonyl (C=O) groups is 3. The summed E-state index contributed by atoms with van der Waals surface area (Å²) in [5.41, 5.74) is 2.52. The Balaban J connectivity index is 1.41. The van der Waals surface area contributed by atoms with Crippen LogP contribution in [0.3, 0.4) is 0 Å². The molecule has 1 fully saturated rings. The van der Waals surface area contributed by atoms with E-state index in [1.807, 2.05) is 24.3 Å². The number of ether oxygens (including phenoxy) is 1. The summed E-state index contributed by atoms with van der Waals surface area (Å²) < 4.78 is 40.3. The lowest BCUT2D eigenvalue weighted by atomic mass is 9.88. The van der Waals surface area contributed by atoms with Gasteiger partial charge in [0.2, 0.25) is 11.8 Å². The van der Waals surface area contributed by atoms with Gasteiger partial charge >= 0.3 is 6.09 Å². The Kier molecular flexibility index (Phi) is 10.5. The third kappa shape index (κ3) is 7.12. The van der Waals surface area contributed by atoms with Crippen LogP contribution in [0.25, 0.3) is 11.3 Å². The molecule has 1 aromatic carbocycles. The molecule has 248 valence electrons. The number of alkyl carbamates (subject to hydrolysis) is 1. The van der Waals surface area contributed by atoms with E-state index in [9.17, 15) is 22.8 Å². The Morgan fingerprint density at radius 2 is 1.89 bits per heavy atom. The number of piperazine rings is 1. The molecule has 0 radical (unpaired) electrons. The van der Waals surface area contributed by atoms with Gasteiger partial charge in [0.05, 0.1) is 30.4 Å². The van der Waals surface area contributed by atoms with E-state index in [4.69, 9.17) is 9.26 Å². The summed E-state index contributed by atoms with van der Waals surface area (Å²) in [4.78, 5) is 41.6. The number of amides is 3. The van der Waals surface area contributed by atoms with Crippen LogP contribution >= 0.6 is 11.3 Å². The van der Waals surface area contributed by atoms with Gasteiger partial charge in [-0.3, -0.25) is 9.59 Å². The number of sulfonamides is 1. The van der Waals surface area contributed by atoms with Gasteiger partial charge in [-0.05, 0) is 61.7 Å². The van der Waals surface area contributed by atoms with Crippen molar-refractivity contribution in [2.45, 2.75) is 68.6 Å². The lowest BCUT2D eigenvalue weighted by Gasteiger charge is -2.41. The van der Waals surface area contributed by atoms with Gasteiger partial charge in [-0.1, -0.05) is 43.3 Å². The van der Waals surface area contributed by atoms with Gasteiger partial charge in [-0.15, -0.1) is 11.3 Å². The fourth-order valence-corrected chi connectivity index (χ4v) is 8.67. The molecule has 13 nitrogen and oxygen atoms in total. The highest BCUT2D eigenvalue weighted by Gasteiger charge is 2.43. The molecule has 5 rings (SSSR count). The first-order valence-electron chi connectivity index (χ1n) is 15.3. The molecular formula is C31H40N6O7S2. The van der Waals surface area contributed by atoms with E-state index in [0.29, 0.717) is 17.7 Å². The summed E-state index contributed by atoms with van der Waals surface area (Å²) >= 11 is 1.04. The molecular weight excluding hydrogens is 633 g/mol. The maximum atomic E-state index is 14.0. The van der Waals surface area contributed by atoms with Crippen LogP contribution in [0.5, 0.6) is 0 Å². The SMILES string of the molecule is CN[C@@H](C)C(=O)N[C@H](C(=O)N1CCN(S(=O)(=O)c2sccc2-c2ccno2)C[C@@H]1OC(=O)NC1CCCc2ccccc21)C(C)C. The van der Waals surface area contributed by atoms with Crippen LogP contribution in [-0.4, -0.2) is 85.7 Å². The minimum Gasteiger partial charge on any atom is -0.424 e. The van der Waals surface area contributed by atoms with Crippen molar-refractivity contribution < 1.29 is 32.1 Å². The zero-order valence-electron chi connectivity index (χ0n) is 26.3. The number of nitrogens with one attached hydrogen (secondary N) is 3. The third-order valence-electron chi connectivity index (χ3n) is 8.45. The fourth-order valence-electron chi connectivity index (χ4n) is 5.75. The van der Waals surface area contributed by atoms with Crippen molar-refractivity contribution in [3.8, 4) is 11.3 Å². The molecule has 1 aliphatic heterocycles. The smallest absolute Gasteiger partial charge is 0.409 e. The van der Waals surface area contributed by atoms with Crippen molar-refractivity contribution in [3.05, 3.63) is 59.1 Å². The Labute approximate surface area is 272 Å². The van der Waals surface area contributed by atoms with Crippen LogP contribution in [0.4, 0.5) is 4.79 Å². The summed E-state index contributed by atoms with van der Waals surface area (Å²) in [6, 6.07) is 9.34. The summed E-state index contributed by atoms with van der Waals surface area (Å²) in [5.74, 6) is -0.825. The first-order chi connectivity index (χ1) is 22.0. The fraction of sp³-hybridized carbons (Fsp3) is 0.484. The highest BCUT2D eigenvalue weighted by Crippen LogP contribution is 2.35. The molecule has 4 atom stereocenters. The van der Waals surface area contributed by atoms with Crippen molar-refractivity contribution in [1.82, 2.24) is 30.3 Å². The van der Waals surface area contributed by atoms with Crippen molar-refractivity contribution >= 4 is 39.3 Å². The second-order valence-corrected chi connectivity index (χ2v) is 14.8. The first-order valence-corrected chi connectivity index (χ1v) is 17.6. The van der Waals surface area contributed by atoms with Crippen molar-refractivity contribution in [2.24, 2.45) is 5.92 Å². The zero-order chi connectivity index (χ0) is 33.0. The number of carbonyl (C=O) groups excluding carboxylic acids is 3. The number of hydrogen-bond donors (Lipinski definition) is 3. The lowest BCUT2D eigenvalue weighted by Crippen LogP contribution is -2.63. The van der Waals surface area contributed by atoms with Crippen molar-refractivity contribution in [3.63, 3.8) is 0 Å². The number of aryl methyl sites for hydroxylation is 1. The topological polar surface area (TPSA) is 163 Å². The highest BCUT2D eigenvalue weighted by atomic mass is 32.2. The number of aromatic nitrogens is 1. The number of likely N-dealkylation sites (N-methyl/N-ethyl adjacent to an activating group) is 1. The summed E-state index contributed by atoms with van der Waals surface area (Å²) in [7, 11) is -2.45. The maximum absolute atomic E-state index is 14.0. The number of hydrogen-bond acceptors (Lipinski definition) is 10. The summed E-state index contributed by atoms with van der Waals surface area (Å²) in [6.45, 7) is 4.87. The summed E-state index contributed by atoms with van der Waals surface area (Å²) in [6.07, 6.45) is 1.92. The second kappa shape index (κ2) is 14.3. The van der Waals surface area contributed by atoms with Gasteiger partial charge in [0.1, 0.15) is 10.3 Å². The van der Waals surface area contributed by atoms with Crippen LogP contribution in [0.1, 0.15) is 50.8 Å². The normalized spacial score (nSPS) is 20.1. The molecule has 46 heavy (non-hydrogen) atoms. The molecule has 2 aromatic heterocycles. The Bertz CT molecular complexity index is 1640. The highest BCUT2D eigenvalue weighted by molar-refractivity contribution is 7.91. The minimum absolute atomic E-state index is 0.0506. The second-order valence-electron chi connectivity index (χ2n) is 11.8. The van der Waals surface area contributed by atoms with Crippen LogP contribution in [0.2, 0.25) is 0 Å². The number of fused-ring (bicyclic) bond motifs is 1. The molecule has 3 aromatic rings.